The maximum Gasteiger partial charge on any atom is 0.236 e. The number of ether oxygens (including phenoxy) is 2. The summed E-state index contributed by atoms with van der Waals surface area (Å²) >= 11 is 0. The van der Waals surface area contributed by atoms with Gasteiger partial charge in [0.2, 0.25) is 11.8 Å². The van der Waals surface area contributed by atoms with Gasteiger partial charge in [-0.3, -0.25) is 14.5 Å². The minimum absolute atomic E-state index is 0.0760. The second-order valence-corrected chi connectivity index (χ2v) is 8.80. The molecule has 0 N–H and O–H groups in total. The van der Waals surface area contributed by atoms with Gasteiger partial charge in [0.05, 0.1) is 32.9 Å². The Morgan fingerprint density at radius 1 is 1.07 bits per heavy atom. The van der Waals surface area contributed by atoms with Gasteiger partial charge in [-0.1, -0.05) is 6.92 Å². The van der Waals surface area contributed by atoms with Crippen molar-refractivity contribution in [3.8, 4) is 0 Å². The summed E-state index contributed by atoms with van der Waals surface area (Å²) in [6, 6.07) is 0. The Balaban J connectivity index is 1.63. The summed E-state index contributed by atoms with van der Waals surface area (Å²) in [6.07, 6.45) is 4.31. The third-order valence-electron chi connectivity index (χ3n) is 6.21. The highest BCUT2D eigenvalue weighted by Crippen LogP contribution is 2.31. The van der Waals surface area contributed by atoms with E-state index >= 15 is 0 Å². The molecule has 1 atom stereocenters. The van der Waals surface area contributed by atoms with Crippen molar-refractivity contribution in [3.63, 3.8) is 0 Å². The van der Waals surface area contributed by atoms with E-state index in [2.05, 4.69) is 11.8 Å². The van der Waals surface area contributed by atoms with Crippen LogP contribution in [0.5, 0.6) is 0 Å². The molecule has 0 aromatic carbocycles. The third kappa shape index (κ3) is 5.21. The molecule has 2 aliphatic heterocycles. The maximum absolute atomic E-state index is 13.1. The zero-order valence-electron chi connectivity index (χ0n) is 17.1. The molecule has 0 aromatic heterocycles. The Morgan fingerprint density at radius 3 is 2.52 bits per heavy atom. The van der Waals surface area contributed by atoms with Gasteiger partial charge in [0.1, 0.15) is 5.60 Å². The van der Waals surface area contributed by atoms with Crippen molar-refractivity contribution in [2.75, 3.05) is 66.6 Å². The van der Waals surface area contributed by atoms with Crippen LogP contribution in [-0.4, -0.2) is 98.8 Å². The van der Waals surface area contributed by atoms with Crippen LogP contribution >= 0.6 is 0 Å². The molecule has 1 aliphatic carbocycles. The summed E-state index contributed by atoms with van der Waals surface area (Å²) in [6.45, 7) is 6.77. The van der Waals surface area contributed by atoms with E-state index in [0.29, 0.717) is 52.5 Å². The first-order valence-electron chi connectivity index (χ1n) is 10.3. The van der Waals surface area contributed by atoms with E-state index in [1.165, 1.54) is 0 Å². The van der Waals surface area contributed by atoms with Gasteiger partial charge in [-0.25, -0.2) is 0 Å². The van der Waals surface area contributed by atoms with Gasteiger partial charge in [0.15, 0.2) is 0 Å². The first-order chi connectivity index (χ1) is 12.9. The molecule has 3 aliphatic rings. The molecule has 7 heteroatoms. The number of hydrogen-bond donors (Lipinski definition) is 0. The average Bonchev–Trinajstić information content (AvgIpc) is 2.83. The molecule has 0 aromatic rings. The van der Waals surface area contributed by atoms with E-state index in [1.54, 1.807) is 19.0 Å². The molecule has 1 spiro atoms. The van der Waals surface area contributed by atoms with Gasteiger partial charge >= 0.3 is 0 Å². The smallest absolute Gasteiger partial charge is 0.236 e. The van der Waals surface area contributed by atoms with E-state index in [0.717, 1.165) is 31.6 Å². The van der Waals surface area contributed by atoms with Crippen LogP contribution in [0.1, 0.15) is 32.6 Å². The first-order valence-corrected chi connectivity index (χ1v) is 10.3. The number of carbonyl (C=O) groups excluding carboxylic acids is 2. The lowest BCUT2D eigenvalue weighted by atomic mass is 9.82. The minimum Gasteiger partial charge on any atom is -0.377 e. The number of carbonyl (C=O) groups is 2. The monoisotopic (exact) mass is 381 g/mol. The second kappa shape index (κ2) is 8.88. The van der Waals surface area contributed by atoms with Crippen LogP contribution in [0.2, 0.25) is 0 Å². The summed E-state index contributed by atoms with van der Waals surface area (Å²) in [5.41, 5.74) is -0.529. The predicted octanol–water partition coefficient (Wildman–Crippen LogP) is 0.831. The normalized spacial score (nSPS) is 32.9. The topological polar surface area (TPSA) is 62.3 Å². The van der Waals surface area contributed by atoms with Crippen LogP contribution < -0.4 is 0 Å². The zero-order chi connectivity index (χ0) is 19.4. The standard InChI is InChI=1S/C20H35N3O4/c1-16-4-6-17(7-5-16)19(25)23-9-11-27-20(14-23)13-22(8-10-26-15-20)12-18(24)21(2)3/h16-17H,4-15H2,1-3H3. The fraction of sp³-hybridized carbons (Fsp3) is 0.900. The van der Waals surface area contributed by atoms with E-state index in [-0.39, 0.29) is 17.7 Å². The molecular weight excluding hydrogens is 346 g/mol. The Morgan fingerprint density at radius 2 is 1.81 bits per heavy atom. The summed E-state index contributed by atoms with van der Waals surface area (Å²) in [4.78, 5) is 30.9. The lowest BCUT2D eigenvalue weighted by Crippen LogP contribution is -2.61. The van der Waals surface area contributed by atoms with Crippen LogP contribution in [0.15, 0.2) is 0 Å². The van der Waals surface area contributed by atoms with Crippen molar-refractivity contribution in [2.24, 2.45) is 11.8 Å². The minimum atomic E-state index is -0.529. The molecule has 3 fully saturated rings. The number of amides is 2. The molecule has 7 nitrogen and oxygen atoms in total. The predicted molar refractivity (Wildman–Crippen MR) is 102 cm³/mol. The molecule has 27 heavy (non-hydrogen) atoms. The van der Waals surface area contributed by atoms with Gasteiger partial charge in [-0.05, 0) is 31.6 Å². The second-order valence-electron chi connectivity index (χ2n) is 8.80. The molecule has 0 radical (unpaired) electrons. The van der Waals surface area contributed by atoms with E-state index < -0.39 is 5.60 Å². The van der Waals surface area contributed by atoms with E-state index in [4.69, 9.17) is 9.47 Å². The molecule has 2 heterocycles. The van der Waals surface area contributed by atoms with Gasteiger partial charge in [-0.2, -0.15) is 0 Å². The fourth-order valence-electron chi connectivity index (χ4n) is 4.43. The third-order valence-corrected chi connectivity index (χ3v) is 6.21. The maximum atomic E-state index is 13.1. The summed E-state index contributed by atoms with van der Waals surface area (Å²) in [7, 11) is 3.55. The van der Waals surface area contributed by atoms with Crippen molar-refractivity contribution in [3.05, 3.63) is 0 Å². The van der Waals surface area contributed by atoms with Crippen LogP contribution in [-0.2, 0) is 19.1 Å². The average molecular weight is 382 g/mol. The Kier molecular flexibility index (Phi) is 6.76. The molecule has 154 valence electrons. The zero-order valence-corrected chi connectivity index (χ0v) is 17.1. The van der Waals surface area contributed by atoms with Crippen molar-refractivity contribution in [1.82, 2.24) is 14.7 Å². The number of hydrogen-bond acceptors (Lipinski definition) is 5. The van der Waals surface area contributed by atoms with Crippen molar-refractivity contribution in [1.29, 1.82) is 0 Å². The Labute approximate surface area is 162 Å². The van der Waals surface area contributed by atoms with E-state index in [1.807, 2.05) is 4.90 Å². The first kappa shape index (κ1) is 20.6. The number of rotatable bonds is 3. The highest BCUT2D eigenvalue weighted by molar-refractivity contribution is 5.79. The van der Waals surface area contributed by atoms with Crippen LogP contribution in [0, 0.1) is 11.8 Å². The summed E-state index contributed by atoms with van der Waals surface area (Å²) in [5, 5.41) is 0. The molecule has 2 saturated heterocycles. The highest BCUT2D eigenvalue weighted by Gasteiger charge is 2.43. The molecule has 0 bridgehead atoms. The fourth-order valence-corrected chi connectivity index (χ4v) is 4.43. The van der Waals surface area contributed by atoms with Gasteiger partial charge in [-0.15, -0.1) is 0 Å². The summed E-state index contributed by atoms with van der Waals surface area (Å²) < 4.78 is 12.0. The quantitative estimate of drug-likeness (QED) is 0.725. The summed E-state index contributed by atoms with van der Waals surface area (Å²) in [5.74, 6) is 1.26. The van der Waals surface area contributed by atoms with Gasteiger partial charge in [0.25, 0.3) is 0 Å². The largest absolute Gasteiger partial charge is 0.377 e. The number of morpholine rings is 1. The number of likely N-dealkylation sites (N-methyl/N-ethyl adjacent to an activating group) is 1. The van der Waals surface area contributed by atoms with E-state index in [9.17, 15) is 9.59 Å². The lowest BCUT2D eigenvalue weighted by Gasteiger charge is -2.44. The van der Waals surface area contributed by atoms with Crippen LogP contribution in [0.3, 0.4) is 0 Å². The number of nitrogens with zero attached hydrogens (tertiary/aromatic N) is 3. The van der Waals surface area contributed by atoms with Crippen LogP contribution in [0.25, 0.3) is 0 Å². The van der Waals surface area contributed by atoms with Gasteiger partial charge < -0.3 is 19.3 Å². The SMILES string of the molecule is CC1CCC(C(=O)N2CCOC3(COCCN(CC(=O)N(C)C)C3)C2)CC1. The molecule has 3 rings (SSSR count). The van der Waals surface area contributed by atoms with Crippen molar-refractivity contribution in [2.45, 2.75) is 38.2 Å². The van der Waals surface area contributed by atoms with Crippen LogP contribution in [0.4, 0.5) is 0 Å². The molecule has 1 saturated carbocycles. The van der Waals surface area contributed by atoms with Gasteiger partial charge in [0, 0.05) is 39.6 Å². The molecule has 1 unspecified atom stereocenters. The molecular formula is C20H35N3O4. The van der Waals surface area contributed by atoms with Crippen molar-refractivity contribution < 1.29 is 19.1 Å². The van der Waals surface area contributed by atoms with Crippen molar-refractivity contribution >= 4 is 11.8 Å². The lowest BCUT2D eigenvalue weighted by molar-refractivity contribution is -0.166. The molecule has 2 amide bonds. The Hall–Kier alpha value is -1.18. The Bertz CT molecular complexity index is 533. The highest BCUT2D eigenvalue weighted by atomic mass is 16.5.